The Bertz CT molecular complexity index is 1040. The number of non-ortho nitro benzene ring substituents is 1. The van der Waals surface area contributed by atoms with Gasteiger partial charge in [-0.05, 0) is 62.3 Å². The molecule has 0 bridgehead atoms. The number of nitrogens with one attached hydrogen (secondary N) is 1. The highest BCUT2D eigenvalue weighted by Crippen LogP contribution is 2.30. The Balaban J connectivity index is 1.60. The van der Waals surface area contributed by atoms with Gasteiger partial charge in [0.1, 0.15) is 0 Å². The first-order valence-electron chi connectivity index (χ1n) is 11.7. The molecule has 4 rings (SSSR count). The number of anilines is 2. The van der Waals surface area contributed by atoms with E-state index in [0.29, 0.717) is 17.2 Å². The van der Waals surface area contributed by atoms with E-state index >= 15 is 0 Å². The molecule has 2 aliphatic heterocycles. The lowest BCUT2D eigenvalue weighted by atomic mass is 9.98. The topological polar surface area (TPSA) is 95.8 Å². The maximum absolute atomic E-state index is 13.5. The fraction of sp³-hybridized carbons (Fsp3) is 0.440. The van der Waals surface area contributed by atoms with Crippen LogP contribution in [0.1, 0.15) is 59.7 Å². The van der Waals surface area contributed by atoms with Gasteiger partial charge in [-0.2, -0.15) is 0 Å². The molecule has 2 fully saturated rings. The second kappa shape index (κ2) is 10.0. The largest absolute Gasteiger partial charge is 0.371 e. The molecule has 2 saturated heterocycles. The maximum atomic E-state index is 13.5. The third kappa shape index (κ3) is 5.32. The van der Waals surface area contributed by atoms with Crippen molar-refractivity contribution in [3.05, 3.63) is 63.7 Å². The molecular weight excluding hydrogens is 420 g/mol. The van der Waals surface area contributed by atoms with Crippen LogP contribution < -0.4 is 10.2 Å². The first kappa shape index (κ1) is 22.8. The number of piperidine rings is 2. The number of benzene rings is 2. The number of rotatable bonds is 5. The zero-order chi connectivity index (χ0) is 23.4. The number of nitro groups is 1. The Hall–Kier alpha value is -3.42. The zero-order valence-electron chi connectivity index (χ0n) is 19.0. The molecule has 1 N–H and O–H groups in total. The molecule has 2 amide bonds. The Morgan fingerprint density at radius 1 is 1.00 bits per heavy atom. The summed E-state index contributed by atoms with van der Waals surface area (Å²) in [6.07, 6.45) is 5.38. The summed E-state index contributed by atoms with van der Waals surface area (Å²) in [5, 5.41) is 13.8. The number of hydrogen-bond acceptors (Lipinski definition) is 5. The molecule has 0 aromatic heterocycles. The van der Waals surface area contributed by atoms with Crippen LogP contribution in [-0.4, -0.2) is 47.8 Å². The normalized spacial score (nSPS) is 17.0. The summed E-state index contributed by atoms with van der Waals surface area (Å²) in [6.45, 7) is 5.52. The summed E-state index contributed by atoms with van der Waals surface area (Å²) in [5.74, 6) is 0.166. The minimum absolute atomic E-state index is 0.00563. The summed E-state index contributed by atoms with van der Waals surface area (Å²) < 4.78 is 0. The van der Waals surface area contributed by atoms with Crippen LogP contribution in [0.25, 0.3) is 0 Å². The summed E-state index contributed by atoms with van der Waals surface area (Å²) in [5.41, 5.74) is 2.07. The van der Waals surface area contributed by atoms with Gasteiger partial charge in [-0.25, -0.2) is 0 Å². The van der Waals surface area contributed by atoms with Gasteiger partial charge in [0.25, 0.3) is 17.5 Å². The SMILES string of the molecule is CC1CCN(C(=O)c2cc(NC(=O)c3cccc([N+](=O)[O-])c3)ccc2N2CCCCC2)CC1. The average molecular weight is 451 g/mol. The summed E-state index contributed by atoms with van der Waals surface area (Å²) in [7, 11) is 0. The smallest absolute Gasteiger partial charge is 0.270 e. The number of likely N-dealkylation sites (tertiary alicyclic amines) is 1. The fourth-order valence-corrected chi connectivity index (χ4v) is 4.54. The average Bonchev–Trinajstić information content (AvgIpc) is 2.84. The van der Waals surface area contributed by atoms with Gasteiger partial charge in [0.2, 0.25) is 0 Å². The van der Waals surface area contributed by atoms with Gasteiger partial charge in [0, 0.05) is 55.2 Å². The first-order valence-corrected chi connectivity index (χ1v) is 11.7. The van der Waals surface area contributed by atoms with Crippen molar-refractivity contribution in [3.8, 4) is 0 Å². The van der Waals surface area contributed by atoms with Crippen LogP contribution in [-0.2, 0) is 0 Å². The summed E-state index contributed by atoms with van der Waals surface area (Å²) in [6, 6.07) is 11.1. The standard InChI is InChI=1S/C25H30N4O4/c1-18-10-14-28(15-11-18)25(31)22-17-20(8-9-23(22)27-12-3-2-4-13-27)26-24(30)19-6-5-7-21(16-19)29(32)33/h5-9,16-18H,2-4,10-15H2,1H3,(H,26,30). The van der Waals surface area contributed by atoms with E-state index in [1.54, 1.807) is 12.1 Å². The van der Waals surface area contributed by atoms with Crippen molar-refractivity contribution in [2.75, 3.05) is 36.4 Å². The van der Waals surface area contributed by atoms with Gasteiger partial charge in [0.15, 0.2) is 0 Å². The lowest BCUT2D eigenvalue weighted by Gasteiger charge is -2.34. The number of nitrogens with zero attached hydrogens (tertiary/aromatic N) is 3. The van der Waals surface area contributed by atoms with Crippen molar-refractivity contribution in [1.29, 1.82) is 0 Å². The number of hydrogen-bond donors (Lipinski definition) is 1. The monoisotopic (exact) mass is 450 g/mol. The molecule has 0 spiro atoms. The third-order valence-corrected chi connectivity index (χ3v) is 6.57. The quantitative estimate of drug-likeness (QED) is 0.526. The van der Waals surface area contributed by atoms with E-state index in [2.05, 4.69) is 17.1 Å². The second-order valence-electron chi connectivity index (χ2n) is 9.02. The van der Waals surface area contributed by atoms with Crippen LogP contribution in [0.2, 0.25) is 0 Å². The van der Waals surface area contributed by atoms with Crippen LogP contribution in [0.3, 0.4) is 0 Å². The lowest BCUT2D eigenvalue weighted by molar-refractivity contribution is -0.384. The van der Waals surface area contributed by atoms with E-state index in [-0.39, 0.29) is 17.2 Å². The molecule has 2 heterocycles. The van der Waals surface area contributed by atoms with Crippen molar-refractivity contribution in [1.82, 2.24) is 4.90 Å². The van der Waals surface area contributed by atoms with Crippen molar-refractivity contribution in [2.24, 2.45) is 5.92 Å². The Morgan fingerprint density at radius 2 is 1.73 bits per heavy atom. The molecule has 0 unspecified atom stereocenters. The van der Waals surface area contributed by atoms with Crippen LogP contribution in [0, 0.1) is 16.0 Å². The number of amides is 2. The van der Waals surface area contributed by atoms with Crippen LogP contribution in [0.4, 0.5) is 17.1 Å². The Labute approximate surface area is 193 Å². The minimum atomic E-state index is -0.527. The van der Waals surface area contributed by atoms with E-state index in [9.17, 15) is 19.7 Å². The molecular formula is C25H30N4O4. The number of carbonyl (C=O) groups is 2. The molecule has 8 heteroatoms. The molecule has 33 heavy (non-hydrogen) atoms. The number of carbonyl (C=O) groups excluding carboxylic acids is 2. The van der Waals surface area contributed by atoms with Crippen molar-refractivity contribution >= 4 is 28.9 Å². The van der Waals surface area contributed by atoms with Gasteiger partial charge in [-0.3, -0.25) is 19.7 Å². The first-order chi connectivity index (χ1) is 15.9. The predicted molar refractivity (Wildman–Crippen MR) is 128 cm³/mol. The van der Waals surface area contributed by atoms with Crippen molar-refractivity contribution in [3.63, 3.8) is 0 Å². The van der Waals surface area contributed by atoms with E-state index in [4.69, 9.17) is 0 Å². The van der Waals surface area contributed by atoms with Crippen molar-refractivity contribution < 1.29 is 14.5 Å². The van der Waals surface area contributed by atoms with E-state index in [1.165, 1.54) is 30.7 Å². The van der Waals surface area contributed by atoms with Gasteiger partial charge in [0.05, 0.1) is 10.5 Å². The molecule has 8 nitrogen and oxygen atoms in total. The highest BCUT2D eigenvalue weighted by Gasteiger charge is 2.26. The molecule has 174 valence electrons. The van der Waals surface area contributed by atoms with Crippen LogP contribution in [0.15, 0.2) is 42.5 Å². The fourth-order valence-electron chi connectivity index (χ4n) is 4.54. The zero-order valence-corrected chi connectivity index (χ0v) is 19.0. The highest BCUT2D eigenvalue weighted by molar-refractivity contribution is 6.06. The minimum Gasteiger partial charge on any atom is -0.371 e. The molecule has 0 radical (unpaired) electrons. The van der Waals surface area contributed by atoms with E-state index in [0.717, 1.165) is 57.5 Å². The molecule has 2 aliphatic rings. The molecule has 0 aliphatic carbocycles. The Morgan fingerprint density at radius 3 is 2.42 bits per heavy atom. The Kier molecular flexibility index (Phi) is 6.91. The maximum Gasteiger partial charge on any atom is 0.270 e. The second-order valence-corrected chi connectivity index (χ2v) is 9.02. The van der Waals surface area contributed by atoms with Gasteiger partial charge < -0.3 is 15.1 Å². The summed E-state index contributed by atoms with van der Waals surface area (Å²) in [4.78, 5) is 40.9. The van der Waals surface area contributed by atoms with Crippen LogP contribution >= 0.6 is 0 Å². The van der Waals surface area contributed by atoms with E-state index < -0.39 is 10.8 Å². The van der Waals surface area contributed by atoms with Crippen LogP contribution in [0.5, 0.6) is 0 Å². The van der Waals surface area contributed by atoms with E-state index in [1.807, 2.05) is 11.0 Å². The van der Waals surface area contributed by atoms with Crippen molar-refractivity contribution in [2.45, 2.75) is 39.0 Å². The van der Waals surface area contributed by atoms with Gasteiger partial charge in [-0.15, -0.1) is 0 Å². The van der Waals surface area contributed by atoms with Gasteiger partial charge in [-0.1, -0.05) is 13.0 Å². The molecule has 2 aromatic carbocycles. The third-order valence-electron chi connectivity index (χ3n) is 6.57. The number of nitro benzene ring substituents is 1. The molecule has 0 saturated carbocycles. The van der Waals surface area contributed by atoms with Gasteiger partial charge >= 0.3 is 0 Å². The molecule has 0 atom stereocenters. The lowest BCUT2D eigenvalue weighted by Crippen LogP contribution is -2.39. The molecule has 2 aromatic rings. The highest BCUT2D eigenvalue weighted by atomic mass is 16.6. The summed E-state index contributed by atoms with van der Waals surface area (Å²) >= 11 is 0. The predicted octanol–water partition coefficient (Wildman–Crippen LogP) is 4.71.